The predicted molar refractivity (Wildman–Crippen MR) is 123 cm³/mol. The number of ether oxygens (including phenoxy) is 1. The lowest BCUT2D eigenvalue weighted by Crippen LogP contribution is -2.13. The summed E-state index contributed by atoms with van der Waals surface area (Å²) in [4.78, 5) is 21.1. The van der Waals surface area contributed by atoms with E-state index >= 15 is 0 Å². The number of benzene rings is 1. The Morgan fingerprint density at radius 1 is 1.06 bits per heavy atom. The number of allylic oxidation sites excluding steroid dienone is 3. The first-order chi connectivity index (χ1) is 16.1. The van der Waals surface area contributed by atoms with Gasteiger partial charge in [-0.05, 0) is 54.8 Å². The number of carbonyl (C=O) groups excluding carboxylic acids is 1. The second-order valence-electron chi connectivity index (χ2n) is 7.48. The van der Waals surface area contributed by atoms with Crippen LogP contribution < -0.4 is 15.8 Å². The molecule has 4 aromatic rings. The zero-order valence-electron chi connectivity index (χ0n) is 17.4. The minimum Gasteiger partial charge on any atom is -0.436 e. The number of nitrogens with zero attached hydrogens (tertiary/aromatic N) is 3. The average molecular weight is 442 g/mol. The van der Waals surface area contributed by atoms with Gasteiger partial charge in [-0.25, -0.2) is 9.37 Å². The molecule has 33 heavy (non-hydrogen) atoms. The number of H-pyrrole nitrogens is 1. The molecule has 0 atom stereocenters. The number of nitrogen functional groups attached to an aromatic ring is 1. The molecule has 0 fully saturated rings. The molecule has 1 amide bonds. The molecule has 0 aliphatic heterocycles. The lowest BCUT2D eigenvalue weighted by Gasteiger charge is -2.11. The molecule has 3 heterocycles. The van der Waals surface area contributed by atoms with E-state index in [9.17, 15) is 9.18 Å². The number of carbonyl (C=O) groups is 1. The lowest BCUT2D eigenvalue weighted by molar-refractivity contribution is 0.102. The molecule has 0 spiro atoms. The van der Waals surface area contributed by atoms with Crippen molar-refractivity contribution in [3.63, 3.8) is 0 Å². The first-order valence-electron chi connectivity index (χ1n) is 10.3. The first-order valence-corrected chi connectivity index (χ1v) is 10.3. The van der Waals surface area contributed by atoms with Crippen LogP contribution in [0.15, 0.2) is 78.7 Å². The van der Waals surface area contributed by atoms with Crippen molar-refractivity contribution in [2.24, 2.45) is 0 Å². The zero-order valence-corrected chi connectivity index (χ0v) is 17.4. The summed E-state index contributed by atoms with van der Waals surface area (Å²) in [7, 11) is 0. The molecule has 0 saturated heterocycles. The van der Waals surface area contributed by atoms with Gasteiger partial charge in [0, 0.05) is 29.4 Å². The summed E-state index contributed by atoms with van der Waals surface area (Å²) in [5.74, 6) is -0.419. The third kappa shape index (κ3) is 4.29. The van der Waals surface area contributed by atoms with Gasteiger partial charge in [0.1, 0.15) is 0 Å². The van der Waals surface area contributed by atoms with Crippen LogP contribution in [0.25, 0.3) is 22.0 Å². The number of hydrogen-bond donors (Lipinski definition) is 3. The van der Waals surface area contributed by atoms with Gasteiger partial charge in [-0.1, -0.05) is 6.07 Å². The van der Waals surface area contributed by atoms with Crippen molar-refractivity contribution >= 4 is 28.2 Å². The third-order valence-electron chi connectivity index (χ3n) is 5.13. The monoisotopic (exact) mass is 442 g/mol. The SMILES string of the molecule is Nc1cncc(-c2ccc3[nH]nc(C(=O)Nc4ccc(OC5=CCCC=C5F)nc4)c3c2)c1. The second-order valence-corrected chi connectivity index (χ2v) is 7.48. The number of aromatic nitrogens is 4. The Morgan fingerprint density at radius 3 is 2.73 bits per heavy atom. The van der Waals surface area contributed by atoms with Gasteiger partial charge in [0.2, 0.25) is 5.88 Å². The van der Waals surface area contributed by atoms with E-state index in [-0.39, 0.29) is 17.3 Å². The van der Waals surface area contributed by atoms with Crippen LogP contribution in [0.1, 0.15) is 23.3 Å². The van der Waals surface area contributed by atoms with E-state index in [1.807, 2.05) is 24.3 Å². The Balaban J connectivity index is 1.34. The van der Waals surface area contributed by atoms with Crippen LogP contribution in [0.3, 0.4) is 0 Å². The first kappa shape index (κ1) is 20.4. The molecule has 3 aromatic heterocycles. The van der Waals surface area contributed by atoms with Crippen molar-refractivity contribution in [1.82, 2.24) is 20.2 Å². The number of halogens is 1. The summed E-state index contributed by atoms with van der Waals surface area (Å²) in [5.41, 5.74) is 9.50. The molecule has 0 saturated carbocycles. The van der Waals surface area contributed by atoms with Gasteiger partial charge in [0.05, 0.1) is 23.1 Å². The van der Waals surface area contributed by atoms with Gasteiger partial charge in [0.15, 0.2) is 17.3 Å². The van der Waals surface area contributed by atoms with Crippen LogP contribution in [0.5, 0.6) is 5.88 Å². The number of rotatable bonds is 5. The van der Waals surface area contributed by atoms with Gasteiger partial charge >= 0.3 is 0 Å². The summed E-state index contributed by atoms with van der Waals surface area (Å²) < 4.78 is 19.3. The molecule has 8 nitrogen and oxygen atoms in total. The van der Waals surface area contributed by atoms with Gasteiger partial charge in [-0.2, -0.15) is 5.10 Å². The van der Waals surface area contributed by atoms with Crippen molar-refractivity contribution in [2.45, 2.75) is 12.8 Å². The summed E-state index contributed by atoms with van der Waals surface area (Å²) in [6.45, 7) is 0. The van der Waals surface area contributed by atoms with E-state index < -0.39 is 11.7 Å². The molecule has 1 aliphatic rings. The number of pyridine rings is 2. The van der Waals surface area contributed by atoms with E-state index in [0.29, 0.717) is 29.6 Å². The molecule has 0 radical (unpaired) electrons. The molecule has 1 aromatic carbocycles. The van der Waals surface area contributed by atoms with Crippen LogP contribution in [-0.4, -0.2) is 26.1 Å². The van der Waals surface area contributed by atoms with Crippen molar-refractivity contribution in [3.05, 3.63) is 84.4 Å². The fourth-order valence-electron chi connectivity index (χ4n) is 3.51. The highest BCUT2D eigenvalue weighted by Crippen LogP contribution is 2.27. The predicted octanol–water partition coefficient (Wildman–Crippen LogP) is 4.76. The fraction of sp³-hybridized carbons (Fsp3) is 0.0833. The maximum Gasteiger partial charge on any atom is 0.276 e. The van der Waals surface area contributed by atoms with Crippen LogP contribution in [0.4, 0.5) is 15.8 Å². The van der Waals surface area contributed by atoms with Crippen molar-refractivity contribution in [1.29, 1.82) is 0 Å². The maximum absolute atomic E-state index is 13.8. The smallest absolute Gasteiger partial charge is 0.276 e. The number of nitrogens with one attached hydrogen (secondary N) is 2. The van der Waals surface area contributed by atoms with E-state index in [2.05, 4.69) is 25.5 Å². The molecular formula is C24H19FN6O2. The van der Waals surface area contributed by atoms with E-state index in [4.69, 9.17) is 10.5 Å². The molecule has 0 unspecified atom stereocenters. The average Bonchev–Trinajstić information content (AvgIpc) is 3.25. The topological polar surface area (TPSA) is 119 Å². The van der Waals surface area contributed by atoms with Gasteiger partial charge in [-0.3, -0.25) is 14.9 Å². The van der Waals surface area contributed by atoms with Crippen LogP contribution >= 0.6 is 0 Å². The molecule has 9 heteroatoms. The maximum atomic E-state index is 13.8. The fourth-order valence-corrected chi connectivity index (χ4v) is 3.51. The number of amides is 1. The van der Waals surface area contributed by atoms with Crippen molar-refractivity contribution in [3.8, 4) is 17.0 Å². The number of fused-ring (bicyclic) bond motifs is 1. The van der Waals surface area contributed by atoms with E-state index in [1.54, 1.807) is 30.6 Å². The third-order valence-corrected chi connectivity index (χ3v) is 5.13. The van der Waals surface area contributed by atoms with E-state index in [1.165, 1.54) is 12.3 Å². The highest BCUT2D eigenvalue weighted by atomic mass is 19.1. The minimum absolute atomic E-state index is 0.153. The van der Waals surface area contributed by atoms with Gasteiger partial charge in [0.25, 0.3) is 5.91 Å². The molecule has 4 N–H and O–H groups in total. The number of aromatic amines is 1. The standard InChI is InChI=1S/C24H19FN6O2/c25-19-3-1-2-4-21(19)33-22-8-6-17(13-28-22)29-24(32)23-18-10-14(5-7-20(18)30-31-23)15-9-16(26)12-27-11-15/h3-13H,1-2,26H2,(H,29,32)(H,30,31). The number of hydrogen-bond acceptors (Lipinski definition) is 6. The summed E-state index contributed by atoms with van der Waals surface area (Å²) >= 11 is 0. The zero-order chi connectivity index (χ0) is 22.8. The molecular weight excluding hydrogens is 423 g/mol. The quantitative estimate of drug-likeness (QED) is 0.410. The highest BCUT2D eigenvalue weighted by molar-refractivity contribution is 6.11. The van der Waals surface area contributed by atoms with Crippen LogP contribution in [0.2, 0.25) is 0 Å². The Morgan fingerprint density at radius 2 is 1.94 bits per heavy atom. The molecule has 164 valence electrons. The Hall–Kier alpha value is -4.53. The normalized spacial score (nSPS) is 13.4. The van der Waals surface area contributed by atoms with Crippen LogP contribution in [-0.2, 0) is 0 Å². The Labute approximate surface area is 188 Å². The summed E-state index contributed by atoms with van der Waals surface area (Å²) in [6, 6.07) is 10.6. The van der Waals surface area contributed by atoms with Crippen LogP contribution in [0, 0.1) is 0 Å². The van der Waals surface area contributed by atoms with Gasteiger partial charge < -0.3 is 15.8 Å². The Kier molecular flexibility index (Phi) is 5.27. The highest BCUT2D eigenvalue weighted by Gasteiger charge is 2.16. The lowest BCUT2D eigenvalue weighted by atomic mass is 10.0. The Bertz CT molecular complexity index is 1410. The van der Waals surface area contributed by atoms with Gasteiger partial charge in [-0.15, -0.1) is 0 Å². The summed E-state index contributed by atoms with van der Waals surface area (Å²) in [6.07, 6.45) is 9.24. The largest absolute Gasteiger partial charge is 0.436 e. The molecule has 0 bridgehead atoms. The molecule has 5 rings (SSSR count). The number of nitrogens with two attached hydrogens (primary N) is 1. The molecule has 1 aliphatic carbocycles. The minimum atomic E-state index is -0.404. The number of anilines is 2. The summed E-state index contributed by atoms with van der Waals surface area (Å²) in [5, 5.41) is 10.5. The van der Waals surface area contributed by atoms with Crippen molar-refractivity contribution in [2.75, 3.05) is 11.1 Å². The van der Waals surface area contributed by atoms with E-state index in [0.717, 1.165) is 16.6 Å². The van der Waals surface area contributed by atoms with Crippen molar-refractivity contribution < 1.29 is 13.9 Å². The second kappa shape index (κ2) is 8.54.